The van der Waals surface area contributed by atoms with E-state index in [4.69, 9.17) is 0 Å². The van der Waals surface area contributed by atoms with Crippen LogP contribution in [0.3, 0.4) is 0 Å². The number of H-pyrrole nitrogens is 1. The molecule has 4 heterocycles. The van der Waals surface area contributed by atoms with E-state index in [9.17, 15) is 14.4 Å². The molecule has 0 unspecified atom stereocenters. The van der Waals surface area contributed by atoms with E-state index < -0.39 is 11.2 Å². The molecule has 0 bridgehead atoms. The fourth-order valence-electron chi connectivity index (χ4n) is 3.94. The second-order valence-corrected chi connectivity index (χ2v) is 7.13. The Hall–Kier alpha value is -1.90. The molecule has 10 heteroatoms. The van der Waals surface area contributed by atoms with Gasteiger partial charge < -0.3 is 10.2 Å². The predicted octanol–water partition coefficient (Wildman–Crippen LogP) is 0.681. The maximum Gasteiger partial charge on any atom is 0.329 e. The highest BCUT2D eigenvalue weighted by atomic mass is 35.5. The van der Waals surface area contributed by atoms with Gasteiger partial charge in [0, 0.05) is 32.9 Å². The topological polar surface area (TPSA) is 100 Å². The SMILES string of the molecule is Cl.Cl.Cn1c(=O)[nH]c(=O)c2cc(C(=O)N3CCC4(CCNC4)CC3)cnc21. The number of nitrogens with one attached hydrogen (secondary N) is 2. The predicted molar refractivity (Wildman–Crippen MR) is 107 cm³/mol. The molecule has 2 saturated heterocycles. The number of aromatic amines is 1. The van der Waals surface area contributed by atoms with Crippen molar-refractivity contribution in [2.24, 2.45) is 12.5 Å². The van der Waals surface area contributed by atoms with E-state index in [1.165, 1.54) is 30.3 Å². The highest BCUT2D eigenvalue weighted by molar-refractivity contribution is 5.96. The van der Waals surface area contributed by atoms with Gasteiger partial charge in [-0.15, -0.1) is 24.8 Å². The summed E-state index contributed by atoms with van der Waals surface area (Å²) in [4.78, 5) is 44.7. The minimum atomic E-state index is -0.519. The molecule has 8 nitrogen and oxygen atoms in total. The van der Waals surface area contributed by atoms with Crippen molar-refractivity contribution in [3.63, 3.8) is 0 Å². The van der Waals surface area contributed by atoms with E-state index >= 15 is 0 Å². The summed E-state index contributed by atoms with van der Waals surface area (Å²) in [5.74, 6) is -0.108. The first-order valence-electron chi connectivity index (χ1n) is 8.58. The van der Waals surface area contributed by atoms with E-state index in [2.05, 4.69) is 15.3 Å². The lowest BCUT2D eigenvalue weighted by molar-refractivity contribution is 0.0607. The number of carbonyl (C=O) groups excluding carboxylic acids is 1. The molecule has 2 N–H and O–H groups in total. The number of amides is 1. The molecular formula is C17H23Cl2N5O3. The molecule has 2 aliphatic rings. The third-order valence-corrected chi connectivity index (χ3v) is 5.64. The van der Waals surface area contributed by atoms with Gasteiger partial charge in [0.2, 0.25) is 0 Å². The van der Waals surface area contributed by atoms with E-state index in [0.29, 0.717) is 11.0 Å². The third kappa shape index (κ3) is 3.74. The molecule has 1 spiro atoms. The van der Waals surface area contributed by atoms with E-state index in [1.54, 1.807) is 0 Å². The van der Waals surface area contributed by atoms with Crippen molar-refractivity contribution in [1.29, 1.82) is 0 Å². The number of pyridine rings is 1. The summed E-state index contributed by atoms with van der Waals surface area (Å²) < 4.78 is 1.27. The molecule has 4 rings (SSSR count). The fourth-order valence-corrected chi connectivity index (χ4v) is 3.94. The second-order valence-electron chi connectivity index (χ2n) is 7.13. The van der Waals surface area contributed by atoms with E-state index in [1.807, 2.05) is 4.90 Å². The zero-order valence-corrected chi connectivity index (χ0v) is 16.6. The molecule has 0 aliphatic carbocycles. The zero-order valence-electron chi connectivity index (χ0n) is 15.0. The van der Waals surface area contributed by atoms with Crippen LogP contribution in [-0.4, -0.2) is 51.5 Å². The van der Waals surface area contributed by atoms with Crippen LogP contribution >= 0.6 is 24.8 Å². The first-order chi connectivity index (χ1) is 12.0. The Morgan fingerprint density at radius 3 is 2.52 bits per heavy atom. The standard InChI is InChI=1S/C17H21N5O3.2ClH/c1-21-13-12(14(23)20-16(21)25)8-11(9-19-13)15(24)22-6-3-17(4-7-22)2-5-18-10-17;;/h8-9,18H,2-7,10H2,1H3,(H,20,23,25);2*1H. The quantitative estimate of drug-likeness (QED) is 0.713. The summed E-state index contributed by atoms with van der Waals surface area (Å²) in [5, 5.41) is 3.67. The highest BCUT2D eigenvalue weighted by Gasteiger charge is 2.38. The molecule has 0 saturated carbocycles. The molecule has 2 aliphatic heterocycles. The molecule has 2 aromatic rings. The molecule has 148 valence electrons. The van der Waals surface area contributed by atoms with Crippen molar-refractivity contribution >= 4 is 41.8 Å². The molecule has 0 radical (unpaired) electrons. The van der Waals surface area contributed by atoms with Crippen LogP contribution in [0, 0.1) is 5.41 Å². The number of piperidine rings is 1. The van der Waals surface area contributed by atoms with Gasteiger partial charge in [0.15, 0.2) is 0 Å². The number of fused-ring (bicyclic) bond motifs is 1. The van der Waals surface area contributed by atoms with Crippen molar-refractivity contribution in [1.82, 2.24) is 24.8 Å². The van der Waals surface area contributed by atoms with Gasteiger partial charge in [-0.25, -0.2) is 9.78 Å². The van der Waals surface area contributed by atoms with Gasteiger partial charge in [-0.05, 0) is 37.3 Å². The summed E-state index contributed by atoms with van der Waals surface area (Å²) in [7, 11) is 1.54. The second kappa shape index (κ2) is 8.00. The average Bonchev–Trinajstić information content (AvgIpc) is 3.07. The maximum absolute atomic E-state index is 12.8. The normalized spacial score (nSPS) is 18.2. The molecule has 27 heavy (non-hydrogen) atoms. The Labute approximate surface area is 168 Å². The lowest BCUT2D eigenvalue weighted by atomic mass is 9.78. The smallest absolute Gasteiger partial charge is 0.329 e. The lowest BCUT2D eigenvalue weighted by Gasteiger charge is -2.38. The van der Waals surface area contributed by atoms with Crippen LogP contribution in [0.15, 0.2) is 21.9 Å². The minimum absolute atomic E-state index is 0. The summed E-state index contributed by atoms with van der Waals surface area (Å²) >= 11 is 0. The Balaban J connectivity index is 0.00000131. The number of aromatic nitrogens is 3. The fraction of sp³-hybridized carbons (Fsp3) is 0.529. The van der Waals surface area contributed by atoms with Crippen LogP contribution in [0.2, 0.25) is 0 Å². The van der Waals surface area contributed by atoms with Gasteiger partial charge in [-0.3, -0.25) is 19.1 Å². The minimum Gasteiger partial charge on any atom is -0.339 e. The first-order valence-corrected chi connectivity index (χ1v) is 8.58. The Morgan fingerprint density at radius 1 is 1.19 bits per heavy atom. The van der Waals surface area contributed by atoms with E-state index in [-0.39, 0.29) is 41.8 Å². The van der Waals surface area contributed by atoms with Gasteiger partial charge in [0.1, 0.15) is 5.65 Å². The molecule has 0 aromatic carbocycles. The Morgan fingerprint density at radius 2 is 1.89 bits per heavy atom. The lowest BCUT2D eigenvalue weighted by Crippen LogP contribution is -2.44. The summed E-state index contributed by atoms with van der Waals surface area (Å²) in [6.07, 6.45) is 4.63. The van der Waals surface area contributed by atoms with Crippen molar-refractivity contribution in [3.05, 3.63) is 38.7 Å². The van der Waals surface area contributed by atoms with E-state index in [0.717, 1.165) is 39.0 Å². The van der Waals surface area contributed by atoms with Gasteiger partial charge in [-0.1, -0.05) is 0 Å². The Kier molecular flexibility index (Phi) is 6.34. The van der Waals surface area contributed by atoms with Crippen LogP contribution in [0.5, 0.6) is 0 Å². The highest BCUT2D eigenvalue weighted by Crippen LogP contribution is 2.37. The number of aryl methyl sites for hydroxylation is 1. The summed E-state index contributed by atoms with van der Waals surface area (Å²) in [5.41, 5.74) is -0.0315. The van der Waals surface area contributed by atoms with Crippen LogP contribution < -0.4 is 16.6 Å². The largest absolute Gasteiger partial charge is 0.339 e. The van der Waals surface area contributed by atoms with Crippen LogP contribution in [0.4, 0.5) is 0 Å². The molecule has 2 fully saturated rings. The van der Waals surface area contributed by atoms with Crippen LogP contribution in [-0.2, 0) is 7.05 Å². The number of nitrogens with zero attached hydrogens (tertiary/aromatic N) is 3. The number of halogens is 2. The number of carbonyl (C=O) groups is 1. The monoisotopic (exact) mass is 415 g/mol. The average molecular weight is 416 g/mol. The van der Waals surface area contributed by atoms with Gasteiger partial charge >= 0.3 is 5.69 Å². The van der Waals surface area contributed by atoms with Crippen molar-refractivity contribution in [2.45, 2.75) is 19.3 Å². The van der Waals surface area contributed by atoms with Crippen molar-refractivity contribution in [2.75, 3.05) is 26.2 Å². The maximum atomic E-state index is 12.8. The Bertz CT molecular complexity index is 955. The molecule has 0 atom stereocenters. The number of hydrogen-bond donors (Lipinski definition) is 2. The number of likely N-dealkylation sites (tertiary alicyclic amines) is 1. The van der Waals surface area contributed by atoms with Crippen molar-refractivity contribution < 1.29 is 4.79 Å². The molecule has 1 amide bonds. The zero-order chi connectivity index (χ0) is 17.6. The van der Waals surface area contributed by atoms with Crippen LogP contribution in [0.25, 0.3) is 11.0 Å². The summed E-state index contributed by atoms with van der Waals surface area (Å²) in [6.45, 7) is 3.55. The number of rotatable bonds is 1. The summed E-state index contributed by atoms with van der Waals surface area (Å²) in [6, 6.07) is 1.53. The number of hydrogen-bond acceptors (Lipinski definition) is 5. The third-order valence-electron chi connectivity index (χ3n) is 5.64. The molecule has 2 aromatic heterocycles. The first kappa shape index (κ1) is 21.4. The van der Waals surface area contributed by atoms with Crippen LogP contribution in [0.1, 0.15) is 29.6 Å². The van der Waals surface area contributed by atoms with Crippen molar-refractivity contribution in [3.8, 4) is 0 Å². The van der Waals surface area contributed by atoms with Gasteiger partial charge in [0.25, 0.3) is 11.5 Å². The van der Waals surface area contributed by atoms with Gasteiger partial charge in [-0.2, -0.15) is 0 Å². The van der Waals surface area contributed by atoms with Gasteiger partial charge in [0.05, 0.1) is 10.9 Å². The molecular weight excluding hydrogens is 393 g/mol.